The number of hydrogen-bond acceptors (Lipinski definition) is 3. The zero-order valence-corrected chi connectivity index (χ0v) is 10.2. The number of aromatic amines is 1. The maximum absolute atomic E-state index is 6.21. The Hall–Kier alpha value is -0.900. The second kappa shape index (κ2) is 4.95. The summed E-state index contributed by atoms with van der Waals surface area (Å²) >= 11 is 0. The number of nitrogens with one attached hydrogen (secondary N) is 1. The molecule has 1 heterocycles. The quantitative estimate of drug-likeness (QED) is 0.754. The molecule has 0 saturated heterocycles. The van der Waals surface area contributed by atoms with Crippen LogP contribution in [-0.4, -0.2) is 21.2 Å². The fourth-order valence-corrected chi connectivity index (χ4v) is 2.39. The summed E-state index contributed by atoms with van der Waals surface area (Å²) in [5, 5.41) is 7.34. The number of hydrogen-bond donors (Lipinski definition) is 2. The van der Waals surface area contributed by atoms with Crippen molar-refractivity contribution in [3.05, 3.63) is 11.6 Å². The van der Waals surface area contributed by atoms with E-state index in [2.05, 4.69) is 29.0 Å². The van der Waals surface area contributed by atoms with Crippen LogP contribution in [0.3, 0.4) is 0 Å². The van der Waals surface area contributed by atoms with Gasteiger partial charge in [-0.25, -0.2) is 4.98 Å². The van der Waals surface area contributed by atoms with E-state index in [-0.39, 0.29) is 6.04 Å². The van der Waals surface area contributed by atoms with Crippen LogP contribution in [0.2, 0.25) is 0 Å². The molecule has 2 unspecified atom stereocenters. The number of rotatable bonds is 2. The largest absolute Gasteiger partial charge is 0.327 e. The Labute approximate surface area is 97.0 Å². The second-order valence-corrected chi connectivity index (χ2v) is 5.14. The summed E-state index contributed by atoms with van der Waals surface area (Å²) in [7, 11) is 0. The molecule has 1 aliphatic carbocycles. The van der Waals surface area contributed by atoms with E-state index in [1.165, 1.54) is 19.3 Å². The summed E-state index contributed by atoms with van der Waals surface area (Å²) in [6, 6.07) is 0.246. The summed E-state index contributed by atoms with van der Waals surface area (Å²) in [6.07, 6.45) is 6.07. The average Bonchev–Trinajstić information content (AvgIpc) is 2.63. The molecule has 1 fully saturated rings. The second-order valence-electron chi connectivity index (χ2n) is 5.14. The lowest BCUT2D eigenvalue weighted by atomic mass is 9.95. The van der Waals surface area contributed by atoms with Gasteiger partial charge in [0.05, 0.1) is 0 Å². The standard InChI is InChI=1S/C12H22N4/c1-8(2)11-14-12(16-15-11)9-6-4-3-5-7-10(9)13/h8-10H,3-7,13H2,1-2H3,(H,14,15,16). The van der Waals surface area contributed by atoms with Crippen LogP contribution in [0.4, 0.5) is 0 Å². The third-order valence-electron chi connectivity index (χ3n) is 3.46. The van der Waals surface area contributed by atoms with E-state index >= 15 is 0 Å². The topological polar surface area (TPSA) is 67.6 Å². The molecule has 0 aromatic carbocycles. The van der Waals surface area contributed by atoms with Gasteiger partial charge in [-0.3, -0.25) is 5.10 Å². The maximum Gasteiger partial charge on any atom is 0.153 e. The lowest BCUT2D eigenvalue weighted by molar-refractivity contribution is 0.484. The van der Waals surface area contributed by atoms with Crippen LogP contribution in [0.5, 0.6) is 0 Å². The smallest absolute Gasteiger partial charge is 0.153 e. The summed E-state index contributed by atoms with van der Waals surface area (Å²) in [6.45, 7) is 4.22. The van der Waals surface area contributed by atoms with Gasteiger partial charge in [-0.1, -0.05) is 33.1 Å². The van der Waals surface area contributed by atoms with Crippen molar-refractivity contribution in [2.75, 3.05) is 0 Å². The number of H-pyrrole nitrogens is 1. The monoisotopic (exact) mass is 222 g/mol. The molecule has 1 aromatic rings. The van der Waals surface area contributed by atoms with Gasteiger partial charge in [0.15, 0.2) is 5.82 Å². The molecule has 4 heteroatoms. The highest BCUT2D eigenvalue weighted by molar-refractivity contribution is 5.04. The Balaban J connectivity index is 2.14. The van der Waals surface area contributed by atoms with Crippen LogP contribution < -0.4 is 5.73 Å². The fourth-order valence-electron chi connectivity index (χ4n) is 2.39. The zero-order chi connectivity index (χ0) is 11.5. The number of aromatic nitrogens is 3. The Morgan fingerprint density at radius 1 is 1.25 bits per heavy atom. The molecule has 3 N–H and O–H groups in total. The van der Waals surface area contributed by atoms with E-state index in [0.717, 1.165) is 24.5 Å². The Morgan fingerprint density at radius 3 is 2.69 bits per heavy atom. The predicted octanol–water partition coefficient (Wildman–Crippen LogP) is 2.30. The minimum absolute atomic E-state index is 0.246. The molecule has 0 radical (unpaired) electrons. The minimum atomic E-state index is 0.246. The average molecular weight is 222 g/mol. The van der Waals surface area contributed by atoms with E-state index in [1.807, 2.05) is 0 Å². The molecule has 0 bridgehead atoms. The molecule has 2 rings (SSSR count). The molecule has 1 aliphatic rings. The predicted molar refractivity (Wildman–Crippen MR) is 64.3 cm³/mol. The minimum Gasteiger partial charge on any atom is -0.327 e. The van der Waals surface area contributed by atoms with E-state index < -0.39 is 0 Å². The van der Waals surface area contributed by atoms with Gasteiger partial charge in [0.2, 0.25) is 0 Å². The van der Waals surface area contributed by atoms with E-state index in [9.17, 15) is 0 Å². The normalized spacial score (nSPS) is 27.0. The first-order chi connectivity index (χ1) is 7.68. The Bertz CT molecular complexity index is 332. The van der Waals surface area contributed by atoms with Crippen LogP contribution in [0.1, 0.15) is 69.4 Å². The summed E-state index contributed by atoms with van der Waals surface area (Å²) < 4.78 is 0. The van der Waals surface area contributed by atoms with Crippen molar-refractivity contribution < 1.29 is 0 Å². The molecule has 0 spiro atoms. The summed E-state index contributed by atoms with van der Waals surface area (Å²) in [5.74, 6) is 2.67. The van der Waals surface area contributed by atoms with E-state index in [4.69, 9.17) is 5.73 Å². The van der Waals surface area contributed by atoms with Crippen molar-refractivity contribution >= 4 is 0 Å². The van der Waals surface area contributed by atoms with Gasteiger partial charge < -0.3 is 5.73 Å². The maximum atomic E-state index is 6.21. The van der Waals surface area contributed by atoms with Gasteiger partial charge in [-0.2, -0.15) is 5.10 Å². The lowest BCUT2D eigenvalue weighted by Gasteiger charge is -2.18. The van der Waals surface area contributed by atoms with Crippen LogP contribution in [0.25, 0.3) is 0 Å². The van der Waals surface area contributed by atoms with Crippen LogP contribution in [0, 0.1) is 0 Å². The number of nitrogens with zero attached hydrogens (tertiary/aromatic N) is 2. The summed E-state index contributed by atoms with van der Waals surface area (Å²) in [5.41, 5.74) is 6.21. The van der Waals surface area contributed by atoms with Crippen LogP contribution in [-0.2, 0) is 0 Å². The van der Waals surface area contributed by atoms with Gasteiger partial charge in [-0.05, 0) is 12.8 Å². The molecule has 2 atom stereocenters. The third kappa shape index (κ3) is 2.43. The van der Waals surface area contributed by atoms with Crippen molar-refractivity contribution in [1.82, 2.24) is 15.2 Å². The Morgan fingerprint density at radius 2 is 2.00 bits per heavy atom. The first-order valence-electron chi connectivity index (χ1n) is 6.36. The van der Waals surface area contributed by atoms with Gasteiger partial charge in [0, 0.05) is 17.9 Å². The van der Waals surface area contributed by atoms with Crippen molar-refractivity contribution in [2.24, 2.45) is 5.73 Å². The highest BCUT2D eigenvalue weighted by atomic mass is 15.2. The molecule has 90 valence electrons. The van der Waals surface area contributed by atoms with E-state index in [0.29, 0.717) is 11.8 Å². The molecule has 0 aliphatic heterocycles. The lowest BCUT2D eigenvalue weighted by Crippen LogP contribution is -2.28. The molecular weight excluding hydrogens is 200 g/mol. The molecule has 4 nitrogen and oxygen atoms in total. The highest BCUT2D eigenvalue weighted by Crippen LogP contribution is 2.29. The highest BCUT2D eigenvalue weighted by Gasteiger charge is 2.25. The van der Waals surface area contributed by atoms with Crippen molar-refractivity contribution in [3.8, 4) is 0 Å². The summed E-state index contributed by atoms with van der Waals surface area (Å²) in [4.78, 5) is 4.58. The van der Waals surface area contributed by atoms with Gasteiger partial charge in [-0.15, -0.1) is 0 Å². The van der Waals surface area contributed by atoms with Gasteiger partial charge in [0.25, 0.3) is 0 Å². The first kappa shape index (κ1) is 11.6. The van der Waals surface area contributed by atoms with Gasteiger partial charge in [0.1, 0.15) is 5.82 Å². The third-order valence-corrected chi connectivity index (χ3v) is 3.46. The zero-order valence-electron chi connectivity index (χ0n) is 10.2. The SMILES string of the molecule is CC(C)c1n[nH]c(C2CCCCCC2N)n1. The van der Waals surface area contributed by atoms with E-state index in [1.54, 1.807) is 0 Å². The van der Waals surface area contributed by atoms with Crippen molar-refractivity contribution in [3.63, 3.8) is 0 Å². The fraction of sp³-hybridized carbons (Fsp3) is 0.833. The molecule has 16 heavy (non-hydrogen) atoms. The van der Waals surface area contributed by atoms with Gasteiger partial charge >= 0.3 is 0 Å². The van der Waals surface area contributed by atoms with Crippen molar-refractivity contribution in [1.29, 1.82) is 0 Å². The van der Waals surface area contributed by atoms with Crippen LogP contribution in [0.15, 0.2) is 0 Å². The van der Waals surface area contributed by atoms with Crippen LogP contribution >= 0.6 is 0 Å². The molecule has 1 aromatic heterocycles. The molecule has 1 saturated carbocycles. The first-order valence-corrected chi connectivity index (χ1v) is 6.36. The number of nitrogens with two attached hydrogens (primary N) is 1. The Kier molecular flexibility index (Phi) is 3.59. The van der Waals surface area contributed by atoms with Crippen molar-refractivity contribution in [2.45, 2.75) is 63.8 Å². The molecular formula is C12H22N4. The molecule has 0 amide bonds.